The zero-order chi connectivity index (χ0) is 15.0. The SMILES string of the molecule is Cc1ccc2nc(CCCl)n(-c3ccc(Br)c(Cl)c3)c2n1. The Balaban J connectivity index is 2.29. The minimum atomic E-state index is 0.507. The van der Waals surface area contributed by atoms with Crippen LogP contribution in [-0.2, 0) is 6.42 Å². The molecule has 2 aromatic heterocycles. The molecule has 0 atom stereocenters. The highest BCUT2D eigenvalue weighted by Crippen LogP contribution is 2.28. The van der Waals surface area contributed by atoms with Gasteiger partial charge < -0.3 is 0 Å². The lowest BCUT2D eigenvalue weighted by molar-refractivity contribution is 0.904. The van der Waals surface area contributed by atoms with Crippen molar-refractivity contribution in [1.29, 1.82) is 0 Å². The second-order valence-corrected chi connectivity index (χ2v) is 6.34. The normalized spacial score (nSPS) is 11.2. The summed E-state index contributed by atoms with van der Waals surface area (Å²) in [5, 5.41) is 0.652. The van der Waals surface area contributed by atoms with Crippen molar-refractivity contribution in [2.24, 2.45) is 0 Å². The Morgan fingerprint density at radius 3 is 2.71 bits per heavy atom. The Bertz CT molecular complexity index is 814. The van der Waals surface area contributed by atoms with Gasteiger partial charge in [-0.15, -0.1) is 11.6 Å². The highest BCUT2D eigenvalue weighted by molar-refractivity contribution is 9.10. The predicted octanol–water partition coefficient (Wildman–Crippen LogP) is 4.93. The van der Waals surface area contributed by atoms with E-state index >= 15 is 0 Å². The molecule has 0 aliphatic carbocycles. The molecule has 0 saturated heterocycles. The molecule has 0 aliphatic heterocycles. The summed E-state index contributed by atoms with van der Waals surface area (Å²) < 4.78 is 2.88. The van der Waals surface area contributed by atoms with E-state index in [-0.39, 0.29) is 0 Å². The maximum atomic E-state index is 6.22. The van der Waals surface area contributed by atoms with Gasteiger partial charge in [-0.2, -0.15) is 0 Å². The largest absolute Gasteiger partial charge is 0.281 e. The number of benzene rings is 1. The summed E-state index contributed by atoms with van der Waals surface area (Å²) in [6, 6.07) is 9.74. The van der Waals surface area contributed by atoms with Gasteiger partial charge in [0.25, 0.3) is 0 Å². The molecule has 0 aliphatic rings. The van der Waals surface area contributed by atoms with Crippen LogP contribution in [-0.4, -0.2) is 20.4 Å². The lowest BCUT2D eigenvalue weighted by atomic mass is 10.3. The summed E-state index contributed by atoms with van der Waals surface area (Å²) in [4.78, 5) is 9.24. The Kier molecular flexibility index (Phi) is 4.20. The molecule has 3 rings (SSSR count). The Morgan fingerprint density at radius 2 is 2.00 bits per heavy atom. The van der Waals surface area contributed by atoms with Gasteiger partial charge in [0.05, 0.1) is 10.7 Å². The van der Waals surface area contributed by atoms with Crippen LogP contribution < -0.4 is 0 Å². The third kappa shape index (κ3) is 2.80. The van der Waals surface area contributed by atoms with Crippen LogP contribution >= 0.6 is 39.1 Å². The molecule has 0 radical (unpaired) electrons. The Hall–Kier alpha value is -1.10. The lowest BCUT2D eigenvalue weighted by Gasteiger charge is -2.09. The highest BCUT2D eigenvalue weighted by Gasteiger charge is 2.14. The maximum absolute atomic E-state index is 6.22. The maximum Gasteiger partial charge on any atom is 0.164 e. The van der Waals surface area contributed by atoms with Gasteiger partial charge in [0.15, 0.2) is 5.65 Å². The average molecular weight is 385 g/mol. The number of imidazole rings is 1. The molecule has 0 unspecified atom stereocenters. The summed E-state index contributed by atoms with van der Waals surface area (Å²) in [7, 11) is 0. The number of alkyl halides is 1. The molecule has 0 fully saturated rings. The van der Waals surface area contributed by atoms with Crippen LogP contribution in [0.1, 0.15) is 11.5 Å². The standard InChI is InChI=1S/C15H12BrCl2N3/c1-9-2-5-13-15(19-9)21(14(20-13)6-7-17)10-3-4-11(16)12(18)8-10/h2-5,8H,6-7H2,1H3. The van der Waals surface area contributed by atoms with Gasteiger partial charge in [-0.25, -0.2) is 9.97 Å². The van der Waals surface area contributed by atoms with E-state index in [2.05, 4.69) is 25.9 Å². The van der Waals surface area contributed by atoms with Crippen LogP contribution in [0.15, 0.2) is 34.8 Å². The Morgan fingerprint density at radius 1 is 1.19 bits per heavy atom. The molecule has 21 heavy (non-hydrogen) atoms. The van der Waals surface area contributed by atoms with Gasteiger partial charge in [0.1, 0.15) is 11.3 Å². The average Bonchev–Trinajstić information content (AvgIpc) is 2.80. The number of aryl methyl sites for hydroxylation is 2. The number of rotatable bonds is 3. The van der Waals surface area contributed by atoms with E-state index in [9.17, 15) is 0 Å². The molecule has 0 bridgehead atoms. The van der Waals surface area contributed by atoms with Gasteiger partial charge >= 0.3 is 0 Å². The molecular weight excluding hydrogens is 373 g/mol. The third-order valence-electron chi connectivity index (χ3n) is 3.19. The van der Waals surface area contributed by atoms with Crippen molar-refractivity contribution in [1.82, 2.24) is 14.5 Å². The molecule has 3 nitrogen and oxygen atoms in total. The molecule has 2 heterocycles. The number of halogens is 3. The first kappa shape index (κ1) is 14.8. The smallest absolute Gasteiger partial charge is 0.164 e. The fourth-order valence-corrected chi connectivity index (χ4v) is 2.84. The van der Waals surface area contributed by atoms with Crippen molar-refractivity contribution in [3.8, 4) is 5.69 Å². The number of hydrogen-bond donors (Lipinski definition) is 0. The van der Waals surface area contributed by atoms with Crippen LogP contribution in [0.3, 0.4) is 0 Å². The van der Waals surface area contributed by atoms with E-state index in [0.29, 0.717) is 17.3 Å². The predicted molar refractivity (Wildman–Crippen MR) is 90.7 cm³/mol. The molecule has 0 amide bonds. The number of aromatic nitrogens is 3. The van der Waals surface area contributed by atoms with Crippen molar-refractivity contribution < 1.29 is 0 Å². The van der Waals surface area contributed by atoms with Crippen LogP contribution in [0.4, 0.5) is 0 Å². The molecule has 3 aromatic rings. The van der Waals surface area contributed by atoms with Crippen LogP contribution in [0.2, 0.25) is 5.02 Å². The van der Waals surface area contributed by atoms with E-state index < -0.39 is 0 Å². The molecule has 6 heteroatoms. The zero-order valence-corrected chi connectivity index (χ0v) is 14.4. The van der Waals surface area contributed by atoms with Crippen molar-refractivity contribution in [3.63, 3.8) is 0 Å². The number of fused-ring (bicyclic) bond motifs is 1. The molecule has 0 saturated carbocycles. The van der Waals surface area contributed by atoms with E-state index in [0.717, 1.165) is 32.8 Å². The van der Waals surface area contributed by atoms with Crippen LogP contribution in [0, 0.1) is 6.92 Å². The molecule has 108 valence electrons. The number of nitrogens with zero attached hydrogens (tertiary/aromatic N) is 3. The van der Waals surface area contributed by atoms with Gasteiger partial charge in [-0.3, -0.25) is 4.57 Å². The fraction of sp³-hybridized carbons (Fsp3) is 0.200. The second kappa shape index (κ2) is 5.95. The van der Waals surface area contributed by atoms with Gasteiger partial charge in [0, 0.05) is 22.5 Å². The molecular formula is C15H12BrCl2N3. The monoisotopic (exact) mass is 383 g/mol. The third-order valence-corrected chi connectivity index (χ3v) is 4.61. The van der Waals surface area contributed by atoms with Gasteiger partial charge in [0.2, 0.25) is 0 Å². The molecule has 0 N–H and O–H groups in total. The van der Waals surface area contributed by atoms with E-state index in [1.807, 2.05) is 41.8 Å². The van der Waals surface area contributed by atoms with E-state index in [1.54, 1.807) is 0 Å². The number of hydrogen-bond acceptors (Lipinski definition) is 2. The lowest BCUT2D eigenvalue weighted by Crippen LogP contribution is -2.03. The summed E-state index contributed by atoms with van der Waals surface area (Å²) in [6.45, 7) is 1.96. The highest BCUT2D eigenvalue weighted by atomic mass is 79.9. The minimum Gasteiger partial charge on any atom is -0.281 e. The Labute approximate surface area is 141 Å². The number of pyridine rings is 1. The first-order valence-electron chi connectivity index (χ1n) is 6.46. The summed E-state index contributed by atoms with van der Waals surface area (Å²) in [5.41, 5.74) is 3.57. The van der Waals surface area contributed by atoms with Crippen molar-refractivity contribution >= 4 is 50.3 Å². The summed E-state index contributed by atoms with van der Waals surface area (Å²) in [6.07, 6.45) is 0.671. The quantitative estimate of drug-likeness (QED) is 0.599. The molecule has 0 spiro atoms. The summed E-state index contributed by atoms with van der Waals surface area (Å²) in [5.74, 6) is 1.39. The first-order chi connectivity index (χ1) is 10.1. The van der Waals surface area contributed by atoms with Crippen molar-refractivity contribution in [2.45, 2.75) is 13.3 Å². The topological polar surface area (TPSA) is 30.7 Å². The fourth-order valence-electron chi connectivity index (χ4n) is 2.25. The van der Waals surface area contributed by atoms with Gasteiger partial charge in [-0.1, -0.05) is 11.6 Å². The summed E-state index contributed by atoms with van der Waals surface area (Å²) >= 11 is 15.5. The second-order valence-electron chi connectivity index (χ2n) is 4.70. The molecule has 1 aromatic carbocycles. The van der Waals surface area contributed by atoms with Crippen LogP contribution in [0.5, 0.6) is 0 Å². The van der Waals surface area contributed by atoms with E-state index in [4.69, 9.17) is 23.2 Å². The minimum absolute atomic E-state index is 0.507. The first-order valence-corrected chi connectivity index (χ1v) is 8.17. The van der Waals surface area contributed by atoms with Crippen molar-refractivity contribution in [3.05, 3.63) is 51.3 Å². The van der Waals surface area contributed by atoms with Gasteiger partial charge in [-0.05, 0) is 53.2 Å². The van der Waals surface area contributed by atoms with E-state index in [1.165, 1.54) is 0 Å². The van der Waals surface area contributed by atoms with Crippen molar-refractivity contribution in [2.75, 3.05) is 5.88 Å². The van der Waals surface area contributed by atoms with Crippen LogP contribution in [0.25, 0.3) is 16.9 Å². The zero-order valence-electron chi connectivity index (χ0n) is 11.3.